The molecule has 0 bridgehead atoms. The van der Waals surface area contributed by atoms with Gasteiger partial charge >= 0.3 is 0 Å². The molecule has 0 unspecified atom stereocenters. The predicted molar refractivity (Wildman–Crippen MR) is 92.6 cm³/mol. The van der Waals surface area contributed by atoms with Crippen molar-refractivity contribution in [2.75, 3.05) is 5.32 Å². The van der Waals surface area contributed by atoms with Crippen LogP contribution in [0.15, 0.2) is 36.5 Å². The summed E-state index contributed by atoms with van der Waals surface area (Å²) in [4.78, 5) is 16.3. The molecule has 0 saturated heterocycles. The molecule has 0 radical (unpaired) electrons. The van der Waals surface area contributed by atoms with Crippen molar-refractivity contribution in [1.29, 1.82) is 0 Å². The van der Waals surface area contributed by atoms with E-state index in [0.717, 1.165) is 11.5 Å². The Morgan fingerprint density at radius 1 is 1.04 bits per heavy atom. The number of carbonyl (C=O) groups excluding carboxylic acids is 1. The van der Waals surface area contributed by atoms with Crippen molar-refractivity contribution in [2.24, 2.45) is 0 Å². The molecule has 1 aliphatic rings. The molecule has 0 spiro atoms. The Labute approximate surface area is 142 Å². The summed E-state index contributed by atoms with van der Waals surface area (Å²) in [5.74, 6) is 0.498. The van der Waals surface area contributed by atoms with Crippen LogP contribution >= 0.6 is 0 Å². The van der Waals surface area contributed by atoms with Gasteiger partial charge in [-0.05, 0) is 37.1 Å². The molecule has 0 atom stereocenters. The van der Waals surface area contributed by atoms with Crippen molar-refractivity contribution in [3.63, 3.8) is 0 Å². The predicted octanol–water partition coefficient (Wildman–Crippen LogP) is 2.94. The topological polar surface area (TPSA) is 79.8 Å². The molecule has 1 fully saturated rings. The minimum atomic E-state index is -0.242. The van der Waals surface area contributed by atoms with Crippen molar-refractivity contribution in [1.82, 2.24) is 20.5 Å². The van der Waals surface area contributed by atoms with E-state index in [-0.39, 0.29) is 5.91 Å². The molecule has 1 amide bonds. The van der Waals surface area contributed by atoms with E-state index >= 15 is 0 Å². The molecule has 24 heavy (non-hydrogen) atoms. The monoisotopic (exact) mass is 325 g/mol. The van der Waals surface area contributed by atoms with Gasteiger partial charge in [-0.25, -0.2) is 0 Å². The highest BCUT2D eigenvalue weighted by molar-refractivity contribution is 5.92. The van der Waals surface area contributed by atoms with Crippen LogP contribution in [0.2, 0.25) is 0 Å². The molecule has 6 heteroatoms. The van der Waals surface area contributed by atoms with Crippen molar-refractivity contribution < 1.29 is 4.79 Å². The molecule has 2 N–H and O–H groups in total. The van der Waals surface area contributed by atoms with Gasteiger partial charge in [-0.2, -0.15) is 0 Å². The molecule has 126 valence electrons. The van der Waals surface area contributed by atoms with E-state index in [0.29, 0.717) is 18.3 Å². The Balaban J connectivity index is 1.52. The maximum atomic E-state index is 12.1. The fourth-order valence-corrected chi connectivity index (χ4v) is 2.93. The number of aromatic nitrogens is 3. The van der Waals surface area contributed by atoms with Gasteiger partial charge in [0.2, 0.25) is 0 Å². The largest absolute Gasteiger partial charge is 0.366 e. The zero-order valence-electron chi connectivity index (χ0n) is 13.7. The quantitative estimate of drug-likeness (QED) is 0.826. The molecular formula is C18H23N5O. The van der Waals surface area contributed by atoms with Crippen LogP contribution in [0, 0.1) is 0 Å². The second-order valence-corrected chi connectivity index (χ2v) is 6.14. The maximum Gasteiger partial charge on any atom is 0.272 e. The third kappa shape index (κ3) is 4.75. The maximum absolute atomic E-state index is 12.1. The van der Waals surface area contributed by atoms with Crippen LogP contribution in [0.25, 0.3) is 0 Å². The number of anilines is 1. The first-order valence-corrected chi connectivity index (χ1v) is 8.59. The molecular weight excluding hydrogens is 302 g/mol. The summed E-state index contributed by atoms with van der Waals surface area (Å²) < 4.78 is 0. The third-order valence-electron chi connectivity index (χ3n) is 4.26. The lowest BCUT2D eigenvalue weighted by Crippen LogP contribution is -2.25. The Hall–Kier alpha value is -2.50. The summed E-state index contributed by atoms with van der Waals surface area (Å²) in [6.45, 7) is 0.378. The van der Waals surface area contributed by atoms with Crippen LogP contribution < -0.4 is 10.6 Å². The molecule has 0 aromatic carbocycles. The zero-order valence-corrected chi connectivity index (χ0v) is 13.7. The van der Waals surface area contributed by atoms with Gasteiger partial charge in [-0.1, -0.05) is 31.7 Å². The lowest BCUT2D eigenvalue weighted by Gasteiger charge is -2.16. The van der Waals surface area contributed by atoms with E-state index in [1.165, 1.54) is 38.5 Å². The van der Waals surface area contributed by atoms with Gasteiger partial charge in [0.1, 0.15) is 5.82 Å². The van der Waals surface area contributed by atoms with E-state index < -0.39 is 0 Å². The van der Waals surface area contributed by atoms with Crippen molar-refractivity contribution in [3.05, 3.63) is 47.9 Å². The molecule has 2 aromatic rings. The fraction of sp³-hybridized carbons (Fsp3) is 0.444. The van der Waals surface area contributed by atoms with Crippen LogP contribution in [0.5, 0.6) is 0 Å². The first kappa shape index (κ1) is 16.4. The number of rotatable bonds is 5. The molecule has 3 rings (SSSR count). The van der Waals surface area contributed by atoms with Crippen LogP contribution in [0.4, 0.5) is 5.82 Å². The normalized spacial score (nSPS) is 15.5. The Kier molecular flexibility index (Phi) is 5.71. The van der Waals surface area contributed by atoms with Crippen molar-refractivity contribution in [2.45, 2.75) is 51.1 Å². The summed E-state index contributed by atoms with van der Waals surface area (Å²) in [5.41, 5.74) is 1.13. The number of hydrogen-bond donors (Lipinski definition) is 2. The van der Waals surface area contributed by atoms with Crippen LogP contribution in [-0.4, -0.2) is 27.1 Å². The highest BCUT2D eigenvalue weighted by atomic mass is 16.1. The van der Waals surface area contributed by atoms with Gasteiger partial charge in [0.05, 0.1) is 12.2 Å². The standard InChI is InChI=1S/C18H23N5O/c24-18(20-13-15-9-5-6-12-19-15)16-10-11-17(23-22-16)21-14-7-3-1-2-4-8-14/h5-6,9-12,14H,1-4,7-8,13H2,(H,20,24)(H,21,23). The molecule has 6 nitrogen and oxygen atoms in total. The van der Waals surface area contributed by atoms with Crippen LogP contribution in [-0.2, 0) is 6.54 Å². The lowest BCUT2D eigenvalue weighted by molar-refractivity contribution is 0.0944. The van der Waals surface area contributed by atoms with E-state index in [9.17, 15) is 4.79 Å². The summed E-state index contributed by atoms with van der Waals surface area (Å²) in [7, 11) is 0. The highest BCUT2D eigenvalue weighted by Gasteiger charge is 2.13. The number of pyridine rings is 1. The van der Waals surface area contributed by atoms with Gasteiger partial charge in [0.25, 0.3) is 5.91 Å². The van der Waals surface area contributed by atoms with Gasteiger partial charge in [-0.15, -0.1) is 10.2 Å². The average Bonchev–Trinajstić information content (AvgIpc) is 2.90. The van der Waals surface area contributed by atoms with E-state index in [1.807, 2.05) is 24.3 Å². The van der Waals surface area contributed by atoms with Gasteiger partial charge in [0, 0.05) is 12.2 Å². The van der Waals surface area contributed by atoms with Gasteiger partial charge < -0.3 is 10.6 Å². The Bertz CT molecular complexity index is 636. The van der Waals surface area contributed by atoms with Crippen LogP contribution in [0.1, 0.15) is 54.7 Å². The SMILES string of the molecule is O=C(NCc1ccccn1)c1ccc(NC2CCCCCC2)nn1. The summed E-state index contributed by atoms with van der Waals surface area (Å²) in [6.07, 6.45) is 9.22. The van der Waals surface area contributed by atoms with E-state index in [1.54, 1.807) is 12.3 Å². The average molecular weight is 325 g/mol. The number of nitrogens with zero attached hydrogens (tertiary/aromatic N) is 3. The third-order valence-corrected chi connectivity index (χ3v) is 4.26. The van der Waals surface area contributed by atoms with Crippen molar-refractivity contribution >= 4 is 11.7 Å². The first-order valence-electron chi connectivity index (χ1n) is 8.59. The molecule has 1 saturated carbocycles. The minimum absolute atomic E-state index is 0.242. The number of amides is 1. The van der Waals surface area contributed by atoms with E-state index in [4.69, 9.17) is 0 Å². The van der Waals surface area contributed by atoms with Crippen molar-refractivity contribution in [3.8, 4) is 0 Å². The molecule has 1 aliphatic carbocycles. The molecule has 2 aromatic heterocycles. The molecule has 2 heterocycles. The minimum Gasteiger partial charge on any atom is -0.366 e. The fourth-order valence-electron chi connectivity index (χ4n) is 2.93. The zero-order chi connectivity index (χ0) is 16.6. The summed E-state index contributed by atoms with van der Waals surface area (Å²) in [5, 5.41) is 14.4. The second kappa shape index (κ2) is 8.38. The Morgan fingerprint density at radius 3 is 2.54 bits per heavy atom. The number of hydrogen-bond acceptors (Lipinski definition) is 5. The summed E-state index contributed by atoms with van der Waals surface area (Å²) in [6, 6.07) is 9.60. The van der Waals surface area contributed by atoms with Crippen LogP contribution in [0.3, 0.4) is 0 Å². The Morgan fingerprint density at radius 2 is 1.88 bits per heavy atom. The number of carbonyl (C=O) groups is 1. The molecule has 0 aliphatic heterocycles. The highest BCUT2D eigenvalue weighted by Crippen LogP contribution is 2.20. The number of nitrogens with one attached hydrogen (secondary N) is 2. The lowest BCUT2D eigenvalue weighted by atomic mass is 10.1. The second-order valence-electron chi connectivity index (χ2n) is 6.14. The van der Waals surface area contributed by atoms with E-state index in [2.05, 4.69) is 25.8 Å². The first-order chi connectivity index (χ1) is 11.8. The smallest absolute Gasteiger partial charge is 0.272 e. The van der Waals surface area contributed by atoms with Gasteiger partial charge in [0.15, 0.2) is 5.69 Å². The van der Waals surface area contributed by atoms with Gasteiger partial charge in [-0.3, -0.25) is 9.78 Å². The summed E-state index contributed by atoms with van der Waals surface area (Å²) >= 11 is 0.